The van der Waals surface area contributed by atoms with Gasteiger partial charge in [0, 0.05) is 17.5 Å². The molecule has 422 valence electrons. The van der Waals surface area contributed by atoms with Crippen LogP contribution in [0, 0.1) is 25.7 Å². The molecule has 2 aromatic heterocycles. The second-order valence-corrected chi connectivity index (χ2v) is 21.3. The van der Waals surface area contributed by atoms with Crippen LogP contribution < -0.4 is 18.9 Å². The molecule has 80 heavy (non-hydrogen) atoms. The molecule has 0 bridgehead atoms. The Morgan fingerprint density at radius 2 is 1.10 bits per heavy atom. The molecule has 0 atom stereocenters. The lowest BCUT2D eigenvalue weighted by Gasteiger charge is -2.27. The van der Waals surface area contributed by atoms with Crippen LogP contribution in [0.4, 0.5) is 0 Å². The van der Waals surface area contributed by atoms with Crippen molar-refractivity contribution in [2.24, 2.45) is 11.8 Å². The molecule has 2 aliphatic carbocycles. The number of esters is 6. The number of rotatable bonds is 27. The van der Waals surface area contributed by atoms with Gasteiger partial charge in [0.2, 0.25) is 0 Å². The molecule has 4 aromatic carbocycles. The first-order valence-electron chi connectivity index (χ1n) is 27.7. The van der Waals surface area contributed by atoms with Crippen molar-refractivity contribution in [1.29, 1.82) is 0 Å². The Morgan fingerprint density at radius 1 is 0.588 bits per heavy atom. The molecule has 6 aromatic rings. The van der Waals surface area contributed by atoms with Gasteiger partial charge in [-0.1, -0.05) is 19.2 Å². The Morgan fingerprint density at radius 3 is 1.66 bits per heavy atom. The number of carbonyl (C=O) groups is 6. The normalized spacial score (nSPS) is 17.0. The van der Waals surface area contributed by atoms with Crippen molar-refractivity contribution in [3.63, 3.8) is 0 Å². The van der Waals surface area contributed by atoms with Crippen molar-refractivity contribution in [1.82, 2.24) is 4.98 Å². The minimum atomic E-state index is -0.580. The predicted molar refractivity (Wildman–Crippen MR) is 301 cm³/mol. The number of carbonyl (C=O) groups excluding carboxylic acids is 6. The van der Waals surface area contributed by atoms with Gasteiger partial charge in [-0.25, -0.2) is 24.2 Å². The third-order valence-corrected chi connectivity index (χ3v) is 15.4. The molecule has 8 rings (SSSR count). The van der Waals surface area contributed by atoms with E-state index >= 15 is 0 Å². The predicted octanol–water partition coefficient (Wildman–Crippen LogP) is 13.3. The summed E-state index contributed by atoms with van der Waals surface area (Å²) in [5, 5.41) is 1.44. The van der Waals surface area contributed by atoms with Crippen LogP contribution in [0.1, 0.15) is 135 Å². The van der Waals surface area contributed by atoms with Gasteiger partial charge >= 0.3 is 35.8 Å². The fourth-order valence-electron chi connectivity index (χ4n) is 9.84. The van der Waals surface area contributed by atoms with Crippen LogP contribution in [0.5, 0.6) is 23.0 Å². The van der Waals surface area contributed by atoms with Gasteiger partial charge in [-0.15, -0.1) is 11.3 Å². The number of nitrogens with zero attached hydrogens (tertiary/aromatic N) is 1. The topological polar surface area (TPSA) is 202 Å². The summed E-state index contributed by atoms with van der Waals surface area (Å²) in [7, 11) is 0. The molecular formula is C63H69NO15S. The molecule has 2 aliphatic rings. The fourth-order valence-corrected chi connectivity index (χ4v) is 10.8. The summed E-state index contributed by atoms with van der Waals surface area (Å²) in [6.45, 7) is 12.6. The van der Waals surface area contributed by atoms with Crippen molar-refractivity contribution in [3.8, 4) is 33.8 Å². The first-order valence-corrected chi connectivity index (χ1v) is 28.5. The molecule has 16 nitrogen and oxygen atoms in total. The Hall–Kier alpha value is -7.79. The summed E-state index contributed by atoms with van der Waals surface area (Å²) in [4.78, 5) is 81.5. The van der Waals surface area contributed by atoms with Crippen molar-refractivity contribution >= 4 is 68.3 Å². The molecule has 0 saturated heterocycles. The third kappa shape index (κ3) is 16.4. The van der Waals surface area contributed by atoms with Gasteiger partial charge in [0.05, 0.1) is 54.1 Å². The fraction of sp³-hybridized carbons (Fsp3) is 0.413. The summed E-state index contributed by atoms with van der Waals surface area (Å²) in [6, 6.07) is 22.9. The average Bonchev–Trinajstić information content (AvgIpc) is 4.25. The van der Waals surface area contributed by atoms with E-state index in [1.807, 2.05) is 26.0 Å². The molecule has 0 N–H and O–H groups in total. The summed E-state index contributed by atoms with van der Waals surface area (Å²) >= 11 is 1.25. The van der Waals surface area contributed by atoms with Crippen LogP contribution >= 0.6 is 11.3 Å². The first-order chi connectivity index (χ1) is 38.8. The molecule has 17 heteroatoms. The Labute approximate surface area is 469 Å². The van der Waals surface area contributed by atoms with Gasteiger partial charge in [-0.3, -0.25) is 9.59 Å². The zero-order valence-corrected chi connectivity index (χ0v) is 46.3. The van der Waals surface area contributed by atoms with Crippen LogP contribution in [-0.2, 0) is 38.1 Å². The Kier molecular flexibility index (Phi) is 21.1. The summed E-state index contributed by atoms with van der Waals surface area (Å²) in [5.74, 6) is -0.940. The first kappa shape index (κ1) is 58.4. The molecule has 0 aliphatic heterocycles. The highest BCUT2D eigenvalue weighted by molar-refractivity contribution is 7.22. The highest BCUT2D eigenvalue weighted by Crippen LogP contribution is 2.42. The Balaban J connectivity index is 0.821. The van der Waals surface area contributed by atoms with Crippen molar-refractivity contribution in [2.45, 2.75) is 129 Å². The smallest absolute Gasteiger partial charge is 0.340 e. The van der Waals surface area contributed by atoms with E-state index in [1.165, 1.54) is 11.3 Å². The lowest BCUT2D eigenvalue weighted by molar-refractivity contribution is -0.141. The number of fused-ring (bicyclic) bond motifs is 2. The number of thiazole rings is 1. The van der Waals surface area contributed by atoms with Gasteiger partial charge in [0.1, 0.15) is 46.3 Å². The maximum Gasteiger partial charge on any atom is 0.340 e. The van der Waals surface area contributed by atoms with Crippen molar-refractivity contribution in [2.75, 3.05) is 26.4 Å². The molecule has 0 amide bonds. The maximum atomic E-state index is 14.1. The number of aromatic nitrogens is 1. The standard InChI is InChI=1S/C63H69NO15S/c1-5-55(65)73-35-13-9-7-11-33-71-45-21-15-42(16-22-45)60(67)75-47-23-19-44(20-24-47)62(69)79-52-32-31-50(57-58(52)80-59(64-57)54-39-51-41(4)37-40(3)38-53(51)78-54)63(70)77-48-25-17-43(18-26-48)61(68)76-49-29-27-46(28-30-49)72-34-12-8-10-14-36-74-56(66)6-2/h5-6,15-16,21-22,27-32,37-39,43-44,47-48H,1-2,7-14,17-20,23-26,33-36H2,3-4H3. The number of benzene rings is 4. The Bertz CT molecular complexity index is 3120. The monoisotopic (exact) mass is 1110 g/mol. The van der Waals surface area contributed by atoms with Crippen LogP contribution in [0.25, 0.3) is 32.0 Å². The van der Waals surface area contributed by atoms with Crippen LogP contribution in [-0.4, -0.2) is 79.4 Å². The maximum absolute atomic E-state index is 14.1. The second-order valence-electron chi connectivity index (χ2n) is 20.3. The van der Waals surface area contributed by atoms with Gasteiger partial charge in [-0.2, -0.15) is 0 Å². The summed E-state index contributed by atoms with van der Waals surface area (Å²) in [5.41, 5.74) is 3.74. The van der Waals surface area contributed by atoms with Crippen LogP contribution in [0.2, 0.25) is 0 Å². The quantitative estimate of drug-likeness (QED) is 0.0155. The highest BCUT2D eigenvalue weighted by Gasteiger charge is 2.33. The number of unbranched alkanes of at least 4 members (excludes halogenated alkanes) is 6. The largest absolute Gasteiger partial charge is 0.494 e. The number of hydrogen-bond acceptors (Lipinski definition) is 17. The zero-order chi connectivity index (χ0) is 56.4. The molecule has 2 saturated carbocycles. The highest BCUT2D eigenvalue weighted by atomic mass is 32.1. The molecular weight excluding hydrogens is 1040 g/mol. The van der Waals surface area contributed by atoms with Gasteiger partial charge in [-0.05, 0) is 201 Å². The van der Waals surface area contributed by atoms with E-state index in [0.29, 0.717) is 127 Å². The molecule has 0 radical (unpaired) electrons. The number of ether oxygens (including phenoxy) is 8. The van der Waals surface area contributed by atoms with Crippen LogP contribution in [0.3, 0.4) is 0 Å². The number of hydrogen-bond donors (Lipinski definition) is 0. The molecule has 2 heterocycles. The summed E-state index contributed by atoms with van der Waals surface area (Å²) in [6.07, 6.45) is 12.2. The summed E-state index contributed by atoms with van der Waals surface area (Å²) < 4.78 is 52.3. The minimum absolute atomic E-state index is 0.210. The van der Waals surface area contributed by atoms with E-state index in [9.17, 15) is 28.8 Å². The van der Waals surface area contributed by atoms with Gasteiger partial charge < -0.3 is 42.3 Å². The van der Waals surface area contributed by atoms with E-state index in [0.717, 1.165) is 80.0 Å². The van der Waals surface area contributed by atoms with E-state index in [1.54, 1.807) is 60.7 Å². The van der Waals surface area contributed by atoms with Crippen LogP contribution in [0.15, 0.2) is 109 Å². The molecule has 0 spiro atoms. The zero-order valence-electron chi connectivity index (χ0n) is 45.5. The second kappa shape index (κ2) is 28.9. The minimum Gasteiger partial charge on any atom is -0.494 e. The molecule has 0 unspecified atom stereocenters. The lowest BCUT2D eigenvalue weighted by atomic mass is 9.87. The lowest BCUT2D eigenvalue weighted by Crippen LogP contribution is -2.30. The molecule has 2 fully saturated rings. The van der Waals surface area contributed by atoms with Crippen molar-refractivity contribution in [3.05, 3.63) is 126 Å². The van der Waals surface area contributed by atoms with Crippen molar-refractivity contribution < 1.29 is 71.1 Å². The van der Waals surface area contributed by atoms with Gasteiger partial charge in [0.15, 0.2) is 10.8 Å². The third-order valence-electron chi connectivity index (χ3n) is 14.3. The SMILES string of the molecule is C=CC(=O)OCCCCCCOc1ccc(OC(=O)C2CCC(OC(=O)c3ccc(OC(=O)C4CCC(OC(=O)c5ccc(OCCCCCCOC(=O)C=C)cc5)CC4)c4sc(-c5cc6c(C)cc(C)cc6o5)nc34)CC2)cc1. The average molecular weight is 1110 g/mol. The van der Waals surface area contributed by atoms with E-state index in [-0.39, 0.29) is 29.3 Å². The number of furan rings is 1. The number of aryl methyl sites for hydroxylation is 2. The van der Waals surface area contributed by atoms with E-state index in [4.69, 9.17) is 47.3 Å². The van der Waals surface area contributed by atoms with Gasteiger partial charge in [0.25, 0.3) is 0 Å². The van der Waals surface area contributed by atoms with E-state index < -0.39 is 41.9 Å². The van der Waals surface area contributed by atoms with E-state index in [2.05, 4.69) is 19.2 Å².